The van der Waals surface area contributed by atoms with E-state index in [4.69, 9.17) is 9.52 Å². The second-order valence-electron chi connectivity index (χ2n) is 3.50. The molecule has 0 atom stereocenters. The minimum absolute atomic E-state index is 0.0455. The Hall–Kier alpha value is -0.280. The number of aryl methyl sites for hydroxylation is 1. The highest BCUT2D eigenvalue weighted by Gasteiger charge is 2.47. The maximum atomic E-state index is 9.17. The molecule has 2 rings (SSSR count). The van der Waals surface area contributed by atoms with Crippen molar-refractivity contribution in [3.63, 3.8) is 0 Å². The fraction of sp³-hybridized carbons (Fsp3) is 0.556. The van der Waals surface area contributed by atoms with Crippen LogP contribution in [0.15, 0.2) is 15.2 Å². The summed E-state index contributed by atoms with van der Waals surface area (Å²) in [6.45, 7) is 2.22. The highest BCUT2D eigenvalue weighted by Crippen LogP contribution is 2.49. The molecule has 3 heteroatoms. The van der Waals surface area contributed by atoms with Crippen molar-refractivity contribution in [2.24, 2.45) is 0 Å². The van der Waals surface area contributed by atoms with E-state index in [9.17, 15) is 0 Å². The molecule has 0 unspecified atom stereocenters. The highest BCUT2D eigenvalue weighted by atomic mass is 79.9. The van der Waals surface area contributed by atoms with Crippen molar-refractivity contribution in [3.05, 3.63) is 22.1 Å². The highest BCUT2D eigenvalue weighted by molar-refractivity contribution is 9.10. The quantitative estimate of drug-likeness (QED) is 0.847. The van der Waals surface area contributed by atoms with Gasteiger partial charge >= 0.3 is 0 Å². The largest absolute Gasteiger partial charge is 0.453 e. The molecule has 0 saturated heterocycles. The molecule has 0 spiro atoms. The third-order valence-electron chi connectivity index (χ3n) is 2.53. The third-order valence-corrected chi connectivity index (χ3v) is 2.92. The molecule has 0 radical (unpaired) electrons. The lowest BCUT2D eigenvalue weighted by atomic mass is 10.0. The number of aliphatic hydroxyl groups is 1. The smallest absolute Gasteiger partial charge is 0.169 e. The van der Waals surface area contributed by atoms with E-state index >= 15 is 0 Å². The van der Waals surface area contributed by atoms with E-state index in [0.717, 1.165) is 28.8 Å². The molecule has 1 aliphatic carbocycles. The van der Waals surface area contributed by atoms with Crippen molar-refractivity contribution in [2.75, 3.05) is 6.61 Å². The van der Waals surface area contributed by atoms with Crippen molar-refractivity contribution in [1.82, 2.24) is 0 Å². The molecule has 1 fully saturated rings. The first-order valence-electron chi connectivity index (χ1n) is 4.05. The van der Waals surface area contributed by atoms with Crippen molar-refractivity contribution >= 4 is 15.9 Å². The van der Waals surface area contributed by atoms with Gasteiger partial charge in [-0.2, -0.15) is 0 Å². The monoisotopic (exact) mass is 230 g/mol. The van der Waals surface area contributed by atoms with E-state index in [1.54, 1.807) is 0 Å². The fourth-order valence-electron chi connectivity index (χ4n) is 1.58. The fourth-order valence-corrected chi connectivity index (χ4v) is 2.08. The standard InChI is InChI=1S/C9H11BrO2/c1-6-4-7(10)12-8(6)9(5-11)2-3-9/h4,11H,2-3,5H2,1H3. The van der Waals surface area contributed by atoms with E-state index in [0.29, 0.717) is 0 Å². The number of hydrogen-bond donors (Lipinski definition) is 1. The molecule has 1 aromatic rings. The van der Waals surface area contributed by atoms with Crippen LogP contribution in [-0.2, 0) is 5.41 Å². The Bertz CT molecular complexity index is 299. The van der Waals surface area contributed by atoms with Crippen molar-refractivity contribution in [3.8, 4) is 0 Å². The molecule has 1 heterocycles. The number of hydrogen-bond acceptors (Lipinski definition) is 2. The van der Waals surface area contributed by atoms with Crippen molar-refractivity contribution in [1.29, 1.82) is 0 Å². The summed E-state index contributed by atoms with van der Waals surface area (Å²) in [5, 5.41) is 9.17. The van der Waals surface area contributed by atoms with Gasteiger partial charge in [-0.1, -0.05) is 0 Å². The van der Waals surface area contributed by atoms with E-state index in [2.05, 4.69) is 15.9 Å². The Morgan fingerprint density at radius 3 is 2.67 bits per heavy atom. The normalized spacial score (nSPS) is 19.6. The first kappa shape index (κ1) is 8.32. The zero-order valence-corrected chi connectivity index (χ0v) is 8.52. The number of halogens is 1. The van der Waals surface area contributed by atoms with Crippen LogP contribution in [0.2, 0.25) is 0 Å². The second kappa shape index (κ2) is 2.60. The van der Waals surface area contributed by atoms with Crippen LogP contribution in [-0.4, -0.2) is 11.7 Å². The average molecular weight is 231 g/mol. The number of furan rings is 1. The molecule has 2 nitrogen and oxygen atoms in total. The van der Waals surface area contributed by atoms with Gasteiger partial charge in [-0.3, -0.25) is 0 Å². The minimum Gasteiger partial charge on any atom is -0.453 e. The summed E-state index contributed by atoms with van der Waals surface area (Å²) in [6, 6.07) is 1.95. The summed E-state index contributed by atoms with van der Waals surface area (Å²) in [5.74, 6) is 0.955. The van der Waals surface area contributed by atoms with Gasteiger partial charge in [-0.15, -0.1) is 0 Å². The predicted octanol–water partition coefficient (Wildman–Crippen LogP) is 2.37. The first-order valence-corrected chi connectivity index (χ1v) is 4.84. The maximum Gasteiger partial charge on any atom is 0.169 e. The number of aliphatic hydroxyl groups excluding tert-OH is 1. The minimum atomic E-state index is -0.0455. The molecule has 0 aliphatic heterocycles. The summed E-state index contributed by atoms with van der Waals surface area (Å²) < 4.78 is 6.25. The zero-order chi connectivity index (χ0) is 8.77. The van der Waals surface area contributed by atoms with Gasteiger partial charge in [0.15, 0.2) is 4.67 Å². The van der Waals surface area contributed by atoms with Gasteiger partial charge in [0, 0.05) is 0 Å². The molecule has 0 amide bonds. The molecule has 0 aromatic carbocycles. The van der Waals surface area contributed by atoms with Crippen LogP contribution in [0.3, 0.4) is 0 Å². The van der Waals surface area contributed by atoms with Crippen LogP contribution in [0, 0.1) is 6.92 Å². The Kier molecular flexibility index (Phi) is 1.81. The molecule has 12 heavy (non-hydrogen) atoms. The molecule has 1 saturated carbocycles. The topological polar surface area (TPSA) is 33.4 Å². The predicted molar refractivity (Wildman–Crippen MR) is 49.1 cm³/mol. The summed E-state index contributed by atoms with van der Waals surface area (Å²) in [4.78, 5) is 0. The average Bonchev–Trinajstić information content (AvgIpc) is 2.74. The Morgan fingerprint density at radius 1 is 1.67 bits per heavy atom. The summed E-state index contributed by atoms with van der Waals surface area (Å²) >= 11 is 3.28. The van der Waals surface area contributed by atoms with Crippen molar-refractivity contribution < 1.29 is 9.52 Å². The molecule has 1 N–H and O–H groups in total. The Labute approximate surface area is 79.7 Å². The molecule has 0 bridgehead atoms. The van der Waals surface area contributed by atoms with Crippen LogP contribution in [0.5, 0.6) is 0 Å². The molecule has 1 aliphatic rings. The van der Waals surface area contributed by atoms with Crippen LogP contribution in [0.1, 0.15) is 24.2 Å². The molecule has 1 aromatic heterocycles. The second-order valence-corrected chi connectivity index (χ2v) is 4.28. The van der Waals surface area contributed by atoms with Crippen molar-refractivity contribution in [2.45, 2.75) is 25.2 Å². The third kappa shape index (κ3) is 1.12. The van der Waals surface area contributed by atoms with E-state index in [-0.39, 0.29) is 12.0 Å². The van der Waals surface area contributed by atoms with Crippen LogP contribution >= 0.6 is 15.9 Å². The maximum absolute atomic E-state index is 9.17. The van der Waals surface area contributed by atoms with Gasteiger partial charge in [0.2, 0.25) is 0 Å². The summed E-state index contributed by atoms with van der Waals surface area (Å²) in [7, 11) is 0. The lowest BCUT2D eigenvalue weighted by molar-refractivity contribution is 0.235. The van der Waals surface area contributed by atoms with Crippen LogP contribution in [0.4, 0.5) is 0 Å². The van der Waals surface area contributed by atoms with Gasteiger partial charge in [0.1, 0.15) is 5.76 Å². The van der Waals surface area contributed by atoms with E-state index < -0.39 is 0 Å². The lowest BCUT2D eigenvalue weighted by Crippen LogP contribution is -2.11. The van der Waals surface area contributed by atoms with Crippen LogP contribution < -0.4 is 0 Å². The SMILES string of the molecule is Cc1cc(Br)oc1C1(CO)CC1. The van der Waals surface area contributed by atoms with Crippen LogP contribution in [0.25, 0.3) is 0 Å². The van der Waals surface area contributed by atoms with Gasteiger partial charge in [-0.25, -0.2) is 0 Å². The summed E-state index contributed by atoms with van der Waals surface area (Å²) in [5.41, 5.74) is 1.09. The van der Waals surface area contributed by atoms with Gasteiger partial charge in [-0.05, 0) is 47.3 Å². The lowest BCUT2D eigenvalue weighted by Gasteiger charge is -2.08. The van der Waals surface area contributed by atoms with E-state index in [1.165, 1.54) is 0 Å². The Balaban J connectivity index is 2.39. The van der Waals surface area contributed by atoms with E-state index in [1.807, 2.05) is 13.0 Å². The molecular weight excluding hydrogens is 220 g/mol. The zero-order valence-electron chi connectivity index (χ0n) is 6.93. The number of rotatable bonds is 2. The van der Waals surface area contributed by atoms with Gasteiger partial charge in [0.05, 0.1) is 12.0 Å². The van der Waals surface area contributed by atoms with Gasteiger partial charge < -0.3 is 9.52 Å². The first-order chi connectivity index (χ1) is 5.68. The summed E-state index contributed by atoms with van der Waals surface area (Å²) in [6.07, 6.45) is 2.09. The Morgan fingerprint density at radius 2 is 2.33 bits per heavy atom. The van der Waals surface area contributed by atoms with Gasteiger partial charge in [0.25, 0.3) is 0 Å². The molecular formula is C9H11BrO2. The molecule has 66 valence electrons.